The number of methoxy groups -OCH3 is 1. The molecule has 0 N–H and O–H groups in total. The lowest BCUT2D eigenvalue weighted by atomic mass is 10.0. The van der Waals surface area contributed by atoms with Crippen LogP contribution in [0.1, 0.15) is 71.1 Å². The van der Waals surface area contributed by atoms with Crippen molar-refractivity contribution in [2.45, 2.75) is 93.5 Å². The van der Waals surface area contributed by atoms with E-state index in [1.54, 1.807) is 18.2 Å². The molecule has 6 nitrogen and oxygen atoms in total. The molecule has 7 heteroatoms. The molecule has 0 aromatic heterocycles. The van der Waals surface area contributed by atoms with Crippen LogP contribution in [0.3, 0.4) is 0 Å². The van der Waals surface area contributed by atoms with E-state index in [9.17, 15) is 18.0 Å². The first kappa shape index (κ1) is 24.5. The lowest BCUT2D eigenvalue weighted by molar-refractivity contribution is -0.150. The molecule has 1 aliphatic heterocycles. The van der Waals surface area contributed by atoms with Gasteiger partial charge in [-0.05, 0) is 38.3 Å². The molecule has 1 aromatic carbocycles. The van der Waals surface area contributed by atoms with Crippen molar-refractivity contribution >= 4 is 21.6 Å². The second kappa shape index (κ2) is 12.2. The molecular weight excluding hydrogens is 404 g/mol. The molecule has 0 aliphatic carbocycles. The van der Waals surface area contributed by atoms with Gasteiger partial charge in [0.2, 0.25) is 0 Å². The van der Waals surface area contributed by atoms with Crippen molar-refractivity contribution in [3.8, 4) is 0 Å². The number of ketones is 1. The van der Waals surface area contributed by atoms with E-state index in [0.717, 1.165) is 51.4 Å². The van der Waals surface area contributed by atoms with Crippen molar-refractivity contribution in [3.63, 3.8) is 0 Å². The average Bonchev–Trinajstić information content (AvgIpc) is 2.73. The highest BCUT2D eigenvalue weighted by molar-refractivity contribution is 7.92. The molecule has 0 spiro atoms. The monoisotopic (exact) mass is 438 g/mol. The smallest absolute Gasteiger partial charge is 0.307 e. The topological polar surface area (TPSA) is 86.7 Å². The second-order valence-electron chi connectivity index (χ2n) is 8.03. The van der Waals surface area contributed by atoms with Crippen LogP contribution in [0.4, 0.5) is 0 Å². The van der Waals surface area contributed by atoms with Gasteiger partial charge in [0, 0.05) is 7.11 Å². The highest BCUT2D eigenvalue weighted by Gasteiger charge is 2.40. The lowest BCUT2D eigenvalue weighted by Gasteiger charge is -2.22. The number of esters is 1. The Morgan fingerprint density at radius 3 is 2.07 bits per heavy atom. The third-order valence-corrected chi connectivity index (χ3v) is 7.70. The molecule has 3 atom stereocenters. The fourth-order valence-corrected chi connectivity index (χ4v) is 5.53. The van der Waals surface area contributed by atoms with Crippen LogP contribution < -0.4 is 0 Å². The SMILES string of the molecule is CO[C@H]1CCCCCCCCC[C@@H](C)OC(=O)CC(S(=O)(=O)c2ccccc2)C1=O. The first-order valence-corrected chi connectivity index (χ1v) is 12.5. The fourth-order valence-electron chi connectivity index (χ4n) is 3.85. The molecule has 1 aliphatic rings. The zero-order chi connectivity index (χ0) is 22.0. The molecule has 1 fully saturated rings. The van der Waals surface area contributed by atoms with E-state index < -0.39 is 39.4 Å². The van der Waals surface area contributed by atoms with Crippen LogP contribution in [-0.2, 0) is 28.9 Å². The molecule has 0 saturated carbocycles. The molecule has 1 aromatic rings. The highest BCUT2D eigenvalue weighted by Crippen LogP contribution is 2.24. The van der Waals surface area contributed by atoms with Gasteiger partial charge in [0.25, 0.3) is 0 Å². The van der Waals surface area contributed by atoms with Crippen LogP contribution in [0.5, 0.6) is 0 Å². The van der Waals surface area contributed by atoms with E-state index in [1.165, 1.54) is 19.2 Å². The summed E-state index contributed by atoms with van der Waals surface area (Å²) in [5.41, 5.74) is 0. The number of sulfone groups is 1. The highest BCUT2D eigenvalue weighted by atomic mass is 32.2. The molecule has 1 heterocycles. The number of benzene rings is 1. The number of hydrogen-bond donors (Lipinski definition) is 0. The third-order valence-electron chi connectivity index (χ3n) is 5.63. The Balaban J connectivity index is 2.30. The number of carbonyl (C=O) groups is 2. The lowest BCUT2D eigenvalue weighted by Crippen LogP contribution is -2.41. The molecule has 0 radical (unpaired) electrons. The molecule has 0 amide bonds. The summed E-state index contributed by atoms with van der Waals surface area (Å²) < 4.78 is 37.3. The Bertz CT molecular complexity index is 774. The molecule has 2 rings (SSSR count). The summed E-state index contributed by atoms with van der Waals surface area (Å²) in [5, 5.41) is -1.52. The number of carbonyl (C=O) groups excluding carboxylic acids is 2. The van der Waals surface area contributed by atoms with Crippen LogP contribution in [0, 0.1) is 0 Å². The van der Waals surface area contributed by atoms with Gasteiger partial charge in [-0.25, -0.2) is 8.42 Å². The quantitative estimate of drug-likeness (QED) is 0.656. The minimum absolute atomic E-state index is 0.0217. The second-order valence-corrected chi connectivity index (χ2v) is 10.2. The van der Waals surface area contributed by atoms with Crippen molar-refractivity contribution in [2.24, 2.45) is 0 Å². The summed E-state index contributed by atoms with van der Waals surface area (Å²) in [7, 11) is -2.64. The number of ether oxygens (including phenoxy) is 2. The maximum Gasteiger partial charge on any atom is 0.307 e. The van der Waals surface area contributed by atoms with Gasteiger partial charge in [-0.2, -0.15) is 0 Å². The standard InChI is InChI=1S/C23H34O6S/c1-18-13-9-6-4-3-5-7-12-16-20(28-2)23(25)21(17-22(24)29-18)30(26,27)19-14-10-8-11-15-19/h8,10-11,14-15,18,20-21H,3-7,9,12-13,16-17H2,1-2H3/t18-,20+,21?/m1/s1. The minimum Gasteiger partial charge on any atom is -0.463 e. The van der Waals surface area contributed by atoms with Gasteiger partial charge in [0.1, 0.15) is 11.4 Å². The largest absolute Gasteiger partial charge is 0.463 e. The number of cyclic esters (lactones) is 1. The average molecular weight is 439 g/mol. The molecule has 168 valence electrons. The van der Waals surface area contributed by atoms with E-state index in [4.69, 9.17) is 9.47 Å². The van der Waals surface area contributed by atoms with E-state index in [-0.39, 0.29) is 11.0 Å². The summed E-state index contributed by atoms with van der Waals surface area (Å²) in [5.74, 6) is -1.24. The summed E-state index contributed by atoms with van der Waals surface area (Å²) >= 11 is 0. The molecule has 30 heavy (non-hydrogen) atoms. The van der Waals surface area contributed by atoms with Crippen molar-refractivity contribution in [1.29, 1.82) is 0 Å². The number of Topliss-reactive ketones (excluding diaryl/α,β-unsaturated/α-hetero) is 1. The Morgan fingerprint density at radius 2 is 1.47 bits per heavy atom. The van der Waals surface area contributed by atoms with E-state index in [2.05, 4.69) is 0 Å². The van der Waals surface area contributed by atoms with Crippen LogP contribution in [0.2, 0.25) is 0 Å². The maximum absolute atomic E-state index is 13.2. The Hall–Kier alpha value is -1.73. The van der Waals surface area contributed by atoms with Gasteiger partial charge < -0.3 is 9.47 Å². The fraction of sp³-hybridized carbons (Fsp3) is 0.652. The van der Waals surface area contributed by atoms with Gasteiger partial charge in [-0.15, -0.1) is 0 Å². The van der Waals surface area contributed by atoms with E-state index in [0.29, 0.717) is 6.42 Å². The first-order valence-electron chi connectivity index (χ1n) is 10.9. The number of hydrogen-bond acceptors (Lipinski definition) is 6. The van der Waals surface area contributed by atoms with Crippen LogP contribution >= 0.6 is 0 Å². The maximum atomic E-state index is 13.2. The van der Waals surface area contributed by atoms with Crippen molar-refractivity contribution in [3.05, 3.63) is 30.3 Å². The zero-order valence-electron chi connectivity index (χ0n) is 18.0. The van der Waals surface area contributed by atoms with Crippen molar-refractivity contribution in [2.75, 3.05) is 7.11 Å². The van der Waals surface area contributed by atoms with Crippen LogP contribution in [0.15, 0.2) is 35.2 Å². The van der Waals surface area contributed by atoms with E-state index >= 15 is 0 Å². The van der Waals surface area contributed by atoms with Crippen LogP contribution in [0.25, 0.3) is 0 Å². The van der Waals surface area contributed by atoms with Gasteiger partial charge in [-0.3, -0.25) is 9.59 Å². The Labute approximate surface area is 180 Å². The van der Waals surface area contributed by atoms with Gasteiger partial charge in [0.15, 0.2) is 15.6 Å². The normalized spacial score (nSPS) is 26.1. The first-order chi connectivity index (χ1) is 14.4. The van der Waals surface area contributed by atoms with Crippen LogP contribution in [-0.4, -0.2) is 44.7 Å². The molecular formula is C23H34O6S. The summed E-state index contributed by atoms with van der Waals surface area (Å²) in [6, 6.07) is 7.78. The predicted molar refractivity (Wildman–Crippen MR) is 115 cm³/mol. The van der Waals surface area contributed by atoms with E-state index in [1.807, 2.05) is 6.92 Å². The summed E-state index contributed by atoms with van der Waals surface area (Å²) in [6.07, 6.45) is 6.68. The summed E-state index contributed by atoms with van der Waals surface area (Å²) in [4.78, 5) is 25.8. The minimum atomic E-state index is -4.05. The Morgan fingerprint density at radius 1 is 0.900 bits per heavy atom. The third kappa shape index (κ3) is 7.20. The van der Waals surface area contributed by atoms with Gasteiger partial charge >= 0.3 is 5.97 Å². The predicted octanol–water partition coefficient (Wildman–Crippen LogP) is 4.26. The summed E-state index contributed by atoms with van der Waals surface area (Å²) in [6.45, 7) is 1.81. The molecule has 1 saturated heterocycles. The molecule has 0 bridgehead atoms. The molecule has 1 unspecified atom stereocenters. The number of rotatable bonds is 3. The van der Waals surface area contributed by atoms with Gasteiger partial charge in [-0.1, -0.05) is 56.7 Å². The zero-order valence-corrected chi connectivity index (χ0v) is 18.9. The van der Waals surface area contributed by atoms with Crippen molar-refractivity contribution < 1.29 is 27.5 Å². The Kier molecular flexibility index (Phi) is 9.98. The van der Waals surface area contributed by atoms with Crippen molar-refractivity contribution in [1.82, 2.24) is 0 Å². The van der Waals surface area contributed by atoms with Gasteiger partial charge in [0.05, 0.1) is 17.4 Å².